The van der Waals surface area contributed by atoms with Crippen LogP contribution < -0.4 is 10.5 Å². The molecule has 1 aromatic carbocycles. The quantitative estimate of drug-likeness (QED) is 0.236. The second-order valence-electron chi connectivity index (χ2n) is 3.46. The molecule has 0 spiro atoms. The van der Waals surface area contributed by atoms with Gasteiger partial charge in [-0.3, -0.25) is 0 Å². The number of oxime groups is 1. The van der Waals surface area contributed by atoms with Gasteiger partial charge < -0.3 is 25.2 Å². The van der Waals surface area contributed by atoms with Gasteiger partial charge in [-0.1, -0.05) is 5.16 Å². The van der Waals surface area contributed by atoms with Crippen LogP contribution in [0.15, 0.2) is 29.4 Å². The Balaban J connectivity index is 2.27. The monoisotopic (exact) mass is 254 g/mol. The summed E-state index contributed by atoms with van der Waals surface area (Å²) in [5.74, 6) is 0.782. The van der Waals surface area contributed by atoms with Crippen LogP contribution in [0.1, 0.15) is 5.56 Å². The van der Waals surface area contributed by atoms with E-state index < -0.39 is 0 Å². The Morgan fingerprint density at radius 3 is 2.44 bits per heavy atom. The predicted octanol–water partition coefficient (Wildman–Crippen LogP) is 0.823. The van der Waals surface area contributed by atoms with Gasteiger partial charge in [-0.05, 0) is 24.3 Å². The Labute approximate surface area is 106 Å². The number of hydrogen-bond donors (Lipinski definition) is 2. The fourth-order valence-corrected chi connectivity index (χ4v) is 1.24. The zero-order chi connectivity index (χ0) is 13.2. The molecule has 0 aromatic heterocycles. The van der Waals surface area contributed by atoms with Crippen molar-refractivity contribution < 1.29 is 19.4 Å². The van der Waals surface area contributed by atoms with Gasteiger partial charge in [-0.25, -0.2) is 0 Å². The van der Waals surface area contributed by atoms with Crippen LogP contribution >= 0.6 is 0 Å². The summed E-state index contributed by atoms with van der Waals surface area (Å²) in [7, 11) is 1.63. The summed E-state index contributed by atoms with van der Waals surface area (Å²) < 4.78 is 15.5. The molecule has 0 heterocycles. The molecular formula is C12H18N2O4. The number of hydrogen-bond acceptors (Lipinski definition) is 5. The maximum absolute atomic E-state index is 8.51. The van der Waals surface area contributed by atoms with Crippen molar-refractivity contribution in [2.24, 2.45) is 10.9 Å². The molecule has 0 aliphatic carbocycles. The SMILES string of the molecule is COCCOCCOc1ccc(C(N)=NO)cc1. The van der Waals surface area contributed by atoms with Gasteiger partial charge in [-0.2, -0.15) is 0 Å². The Kier molecular flexibility index (Phi) is 6.60. The van der Waals surface area contributed by atoms with Gasteiger partial charge in [-0.15, -0.1) is 0 Å². The molecule has 6 heteroatoms. The molecule has 100 valence electrons. The maximum Gasteiger partial charge on any atom is 0.170 e. The minimum Gasteiger partial charge on any atom is -0.491 e. The number of nitrogens with zero attached hydrogens (tertiary/aromatic N) is 1. The Morgan fingerprint density at radius 2 is 1.83 bits per heavy atom. The minimum absolute atomic E-state index is 0.0736. The van der Waals surface area contributed by atoms with Crippen molar-refractivity contribution in [2.45, 2.75) is 0 Å². The molecule has 3 N–H and O–H groups in total. The second kappa shape index (κ2) is 8.32. The van der Waals surface area contributed by atoms with E-state index in [0.29, 0.717) is 37.7 Å². The van der Waals surface area contributed by atoms with Crippen molar-refractivity contribution in [3.8, 4) is 5.75 Å². The summed E-state index contributed by atoms with van der Waals surface area (Å²) in [6, 6.07) is 6.94. The Hall–Kier alpha value is -1.79. The van der Waals surface area contributed by atoms with E-state index in [1.165, 1.54) is 0 Å². The molecule has 0 amide bonds. The molecular weight excluding hydrogens is 236 g/mol. The summed E-state index contributed by atoms with van der Waals surface area (Å²) in [5.41, 5.74) is 6.08. The van der Waals surface area contributed by atoms with E-state index >= 15 is 0 Å². The van der Waals surface area contributed by atoms with Crippen molar-refractivity contribution >= 4 is 5.84 Å². The first-order chi connectivity index (χ1) is 8.77. The molecule has 0 saturated heterocycles. The summed E-state index contributed by atoms with van der Waals surface area (Å²) >= 11 is 0. The van der Waals surface area contributed by atoms with Gasteiger partial charge >= 0.3 is 0 Å². The van der Waals surface area contributed by atoms with Gasteiger partial charge in [0.15, 0.2) is 5.84 Å². The van der Waals surface area contributed by atoms with Gasteiger partial charge in [0.25, 0.3) is 0 Å². The van der Waals surface area contributed by atoms with Crippen LogP contribution in [0.5, 0.6) is 5.75 Å². The average Bonchev–Trinajstić information content (AvgIpc) is 2.42. The molecule has 0 bridgehead atoms. The number of benzene rings is 1. The van der Waals surface area contributed by atoms with Crippen molar-refractivity contribution in [3.05, 3.63) is 29.8 Å². The van der Waals surface area contributed by atoms with Crippen LogP contribution in [-0.2, 0) is 9.47 Å². The van der Waals surface area contributed by atoms with Crippen molar-refractivity contribution in [1.29, 1.82) is 0 Å². The lowest BCUT2D eigenvalue weighted by Gasteiger charge is -2.07. The zero-order valence-corrected chi connectivity index (χ0v) is 10.3. The van der Waals surface area contributed by atoms with E-state index in [-0.39, 0.29) is 5.84 Å². The minimum atomic E-state index is 0.0736. The zero-order valence-electron chi connectivity index (χ0n) is 10.3. The van der Waals surface area contributed by atoms with E-state index in [0.717, 1.165) is 0 Å². The predicted molar refractivity (Wildman–Crippen MR) is 67.1 cm³/mol. The van der Waals surface area contributed by atoms with Crippen LogP contribution in [0.3, 0.4) is 0 Å². The number of rotatable bonds is 8. The van der Waals surface area contributed by atoms with E-state index in [4.69, 9.17) is 25.2 Å². The Morgan fingerprint density at radius 1 is 1.17 bits per heavy atom. The largest absolute Gasteiger partial charge is 0.491 e. The van der Waals surface area contributed by atoms with Gasteiger partial charge in [0.1, 0.15) is 12.4 Å². The lowest BCUT2D eigenvalue weighted by Crippen LogP contribution is -2.13. The fraction of sp³-hybridized carbons (Fsp3) is 0.417. The number of ether oxygens (including phenoxy) is 3. The standard InChI is InChI=1S/C12H18N2O4/c1-16-6-7-17-8-9-18-11-4-2-10(3-5-11)12(13)14-15/h2-5,15H,6-9H2,1H3,(H2,13,14). The molecule has 0 radical (unpaired) electrons. The Bertz CT molecular complexity index is 365. The third kappa shape index (κ3) is 5.03. The summed E-state index contributed by atoms with van der Waals surface area (Å²) in [4.78, 5) is 0. The van der Waals surface area contributed by atoms with Gasteiger partial charge in [0, 0.05) is 12.7 Å². The molecule has 18 heavy (non-hydrogen) atoms. The highest BCUT2D eigenvalue weighted by Crippen LogP contribution is 2.11. The molecule has 0 aliphatic heterocycles. The smallest absolute Gasteiger partial charge is 0.170 e. The number of nitrogens with two attached hydrogens (primary N) is 1. The topological polar surface area (TPSA) is 86.3 Å². The van der Waals surface area contributed by atoms with Crippen molar-refractivity contribution in [1.82, 2.24) is 0 Å². The van der Waals surface area contributed by atoms with Crippen LogP contribution in [0.25, 0.3) is 0 Å². The normalized spacial score (nSPS) is 11.5. The first-order valence-electron chi connectivity index (χ1n) is 5.55. The molecule has 1 aromatic rings. The summed E-state index contributed by atoms with van der Waals surface area (Å²) in [5, 5.41) is 11.4. The van der Waals surface area contributed by atoms with E-state index in [9.17, 15) is 0 Å². The summed E-state index contributed by atoms with van der Waals surface area (Å²) in [6.07, 6.45) is 0. The highest BCUT2D eigenvalue weighted by atomic mass is 16.5. The third-order valence-corrected chi connectivity index (χ3v) is 2.19. The molecule has 1 rings (SSSR count). The second-order valence-corrected chi connectivity index (χ2v) is 3.46. The molecule has 0 saturated carbocycles. The van der Waals surface area contributed by atoms with E-state index in [2.05, 4.69) is 5.16 Å². The lowest BCUT2D eigenvalue weighted by molar-refractivity contribution is 0.0544. The fourth-order valence-electron chi connectivity index (χ4n) is 1.24. The van der Waals surface area contributed by atoms with Crippen molar-refractivity contribution in [3.63, 3.8) is 0 Å². The van der Waals surface area contributed by atoms with E-state index in [1.54, 1.807) is 31.4 Å². The highest BCUT2D eigenvalue weighted by Gasteiger charge is 1.99. The molecule has 6 nitrogen and oxygen atoms in total. The van der Waals surface area contributed by atoms with Crippen molar-refractivity contribution in [2.75, 3.05) is 33.5 Å². The number of methoxy groups -OCH3 is 1. The molecule has 0 atom stereocenters. The molecule has 0 fully saturated rings. The lowest BCUT2D eigenvalue weighted by atomic mass is 10.2. The number of amidine groups is 1. The average molecular weight is 254 g/mol. The first kappa shape index (κ1) is 14.3. The summed E-state index contributed by atoms with van der Waals surface area (Å²) in [6.45, 7) is 2.11. The van der Waals surface area contributed by atoms with Crippen LogP contribution in [0.2, 0.25) is 0 Å². The highest BCUT2D eigenvalue weighted by molar-refractivity contribution is 5.97. The van der Waals surface area contributed by atoms with Gasteiger partial charge in [0.05, 0.1) is 19.8 Å². The van der Waals surface area contributed by atoms with Gasteiger partial charge in [0.2, 0.25) is 0 Å². The maximum atomic E-state index is 8.51. The van der Waals surface area contributed by atoms with Crippen LogP contribution in [0.4, 0.5) is 0 Å². The third-order valence-electron chi connectivity index (χ3n) is 2.19. The molecule has 0 aliphatic rings. The molecule has 0 unspecified atom stereocenters. The van der Waals surface area contributed by atoms with Crippen LogP contribution in [0, 0.1) is 0 Å². The first-order valence-corrected chi connectivity index (χ1v) is 5.55. The van der Waals surface area contributed by atoms with Crippen LogP contribution in [-0.4, -0.2) is 44.6 Å². The van der Waals surface area contributed by atoms with E-state index in [1.807, 2.05) is 0 Å².